The molecule has 1 saturated heterocycles. The molecule has 0 spiro atoms. The molecule has 1 amide bonds. The van der Waals surface area contributed by atoms with E-state index in [1.54, 1.807) is 11.0 Å². The van der Waals surface area contributed by atoms with Gasteiger partial charge in [0.25, 0.3) is 0 Å². The molecule has 150 valence electrons. The minimum Gasteiger partial charge on any atom is -0.467 e. The van der Waals surface area contributed by atoms with Crippen LogP contribution in [0.25, 0.3) is 0 Å². The van der Waals surface area contributed by atoms with Gasteiger partial charge < -0.3 is 19.5 Å². The number of ether oxygens (including phenoxy) is 2. The van der Waals surface area contributed by atoms with E-state index in [0.717, 1.165) is 18.4 Å². The summed E-state index contributed by atoms with van der Waals surface area (Å²) in [6, 6.07) is 9.72. The Morgan fingerprint density at radius 2 is 2.14 bits per heavy atom. The summed E-state index contributed by atoms with van der Waals surface area (Å²) >= 11 is 0. The number of aliphatic hydroxyl groups excluding tert-OH is 1. The number of methoxy groups -OCH3 is 1. The number of esters is 1. The van der Waals surface area contributed by atoms with E-state index in [1.165, 1.54) is 7.11 Å². The first-order valence-electron chi connectivity index (χ1n) is 9.40. The highest BCUT2D eigenvalue weighted by Gasteiger charge is 2.25. The second kappa shape index (κ2) is 12.0. The van der Waals surface area contributed by atoms with Crippen molar-refractivity contribution in [2.75, 3.05) is 26.9 Å². The lowest BCUT2D eigenvalue weighted by Gasteiger charge is -2.32. The van der Waals surface area contributed by atoms with E-state index in [1.807, 2.05) is 36.4 Å². The third kappa shape index (κ3) is 7.55. The lowest BCUT2D eigenvalue weighted by Crippen LogP contribution is -2.42. The van der Waals surface area contributed by atoms with Gasteiger partial charge in [0.1, 0.15) is 13.2 Å². The van der Waals surface area contributed by atoms with E-state index >= 15 is 0 Å². The van der Waals surface area contributed by atoms with Crippen LogP contribution < -0.4 is 0 Å². The Morgan fingerprint density at radius 3 is 2.89 bits per heavy atom. The molecule has 1 fully saturated rings. The number of carbonyl (C=O) groups is 2. The van der Waals surface area contributed by atoms with Crippen LogP contribution >= 0.6 is 0 Å². The molecule has 2 atom stereocenters. The Kier molecular flexibility index (Phi) is 9.26. The first-order valence-corrected chi connectivity index (χ1v) is 9.40. The van der Waals surface area contributed by atoms with E-state index < -0.39 is 12.1 Å². The van der Waals surface area contributed by atoms with Gasteiger partial charge in [-0.25, -0.2) is 4.79 Å². The van der Waals surface area contributed by atoms with Crippen molar-refractivity contribution in [3.63, 3.8) is 0 Å². The number of nitrogens with zero attached hydrogens (tertiary/aromatic N) is 1. The Labute approximate surface area is 166 Å². The van der Waals surface area contributed by atoms with Crippen molar-refractivity contribution in [1.82, 2.24) is 4.90 Å². The van der Waals surface area contributed by atoms with Gasteiger partial charge in [0.2, 0.25) is 5.91 Å². The van der Waals surface area contributed by atoms with Gasteiger partial charge >= 0.3 is 5.97 Å². The van der Waals surface area contributed by atoms with Crippen LogP contribution in [0.5, 0.6) is 0 Å². The van der Waals surface area contributed by atoms with Crippen LogP contribution in [0.2, 0.25) is 0 Å². The van der Waals surface area contributed by atoms with Crippen molar-refractivity contribution in [3.05, 3.63) is 48.0 Å². The zero-order valence-corrected chi connectivity index (χ0v) is 16.2. The van der Waals surface area contributed by atoms with Crippen molar-refractivity contribution in [2.45, 2.75) is 37.8 Å². The number of amides is 1. The molecule has 1 aliphatic rings. The SMILES string of the molecule is COC(=O)COCC#CCN1C(=O)CCCC1/C=C/[C@H](O)Cc1ccccc1. The maximum atomic E-state index is 12.3. The first-order chi connectivity index (χ1) is 13.6. The molecule has 0 aliphatic carbocycles. The number of hydrogen-bond acceptors (Lipinski definition) is 5. The monoisotopic (exact) mass is 385 g/mol. The molecular formula is C22H27NO5. The van der Waals surface area contributed by atoms with Crippen LogP contribution in [0, 0.1) is 11.8 Å². The number of benzene rings is 1. The van der Waals surface area contributed by atoms with Gasteiger partial charge in [-0.15, -0.1) is 0 Å². The molecule has 28 heavy (non-hydrogen) atoms. The molecule has 6 heteroatoms. The quantitative estimate of drug-likeness (QED) is 0.319. The van der Waals surface area contributed by atoms with Gasteiger partial charge in [0.05, 0.1) is 25.8 Å². The van der Waals surface area contributed by atoms with Crippen LogP contribution in [-0.4, -0.2) is 60.9 Å². The highest BCUT2D eigenvalue weighted by atomic mass is 16.6. The van der Waals surface area contributed by atoms with Crippen LogP contribution in [0.15, 0.2) is 42.5 Å². The van der Waals surface area contributed by atoms with Crippen LogP contribution in [-0.2, 0) is 25.5 Å². The average molecular weight is 385 g/mol. The van der Waals surface area contributed by atoms with E-state index in [-0.39, 0.29) is 25.2 Å². The molecular weight excluding hydrogens is 358 g/mol. The number of carbonyl (C=O) groups excluding carboxylic acids is 2. The molecule has 0 bridgehead atoms. The summed E-state index contributed by atoms with van der Waals surface area (Å²) in [4.78, 5) is 24.9. The Hall–Kier alpha value is -2.62. The molecule has 1 heterocycles. The third-order valence-electron chi connectivity index (χ3n) is 4.45. The number of likely N-dealkylation sites (tertiary alicyclic amines) is 1. The van der Waals surface area contributed by atoms with E-state index in [4.69, 9.17) is 4.74 Å². The van der Waals surface area contributed by atoms with Crippen molar-refractivity contribution in [3.8, 4) is 11.8 Å². The third-order valence-corrected chi connectivity index (χ3v) is 4.45. The summed E-state index contributed by atoms with van der Waals surface area (Å²) in [5.41, 5.74) is 1.06. The maximum absolute atomic E-state index is 12.3. The Balaban J connectivity index is 1.85. The van der Waals surface area contributed by atoms with E-state index in [0.29, 0.717) is 19.4 Å². The van der Waals surface area contributed by atoms with Crippen molar-refractivity contribution < 1.29 is 24.2 Å². The average Bonchev–Trinajstić information content (AvgIpc) is 2.70. The predicted molar refractivity (Wildman–Crippen MR) is 105 cm³/mol. The molecule has 0 saturated carbocycles. The summed E-state index contributed by atoms with van der Waals surface area (Å²) in [6.45, 7) is 0.260. The lowest BCUT2D eigenvalue weighted by atomic mass is 9.99. The molecule has 1 aliphatic heterocycles. The predicted octanol–water partition coefficient (Wildman–Crippen LogP) is 1.72. The van der Waals surface area contributed by atoms with Crippen LogP contribution in [0.4, 0.5) is 0 Å². The van der Waals surface area contributed by atoms with Crippen molar-refractivity contribution in [1.29, 1.82) is 0 Å². The van der Waals surface area contributed by atoms with Gasteiger partial charge in [0, 0.05) is 12.8 Å². The molecule has 0 aromatic heterocycles. The van der Waals surface area contributed by atoms with Crippen LogP contribution in [0.3, 0.4) is 0 Å². The van der Waals surface area contributed by atoms with Gasteiger partial charge in [-0.2, -0.15) is 0 Å². The molecule has 0 radical (unpaired) electrons. The Morgan fingerprint density at radius 1 is 1.36 bits per heavy atom. The van der Waals surface area contributed by atoms with Gasteiger partial charge in [0.15, 0.2) is 0 Å². The highest BCUT2D eigenvalue weighted by Crippen LogP contribution is 2.19. The van der Waals surface area contributed by atoms with E-state index in [2.05, 4.69) is 16.6 Å². The summed E-state index contributed by atoms with van der Waals surface area (Å²) in [5, 5.41) is 10.3. The number of piperidine rings is 1. The summed E-state index contributed by atoms with van der Waals surface area (Å²) < 4.78 is 9.54. The molecule has 1 unspecified atom stereocenters. The number of hydrogen-bond donors (Lipinski definition) is 1. The highest BCUT2D eigenvalue weighted by molar-refractivity contribution is 5.78. The summed E-state index contributed by atoms with van der Waals surface area (Å²) in [5.74, 6) is 5.33. The number of rotatable bonds is 8. The standard InChI is InChI=1S/C22H27NO5/c1-27-22(26)17-28-15-6-5-14-23-19(10-7-11-21(23)25)12-13-20(24)16-18-8-3-2-4-9-18/h2-4,8-9,12-13,19-20,24H,7,10-11,14-17H2,1H3/b13-12+/t19?,20-/m0/s1. The van der Waals surface area contributed by atoms with E-state index in [9.17, 15) is 14.7 Å². The fourth-order valence-corrected chi connectivity index (χ4v) is 2.97. The summed E-state index contributed by atoms with van der Waals surface area (Å²) in [6.07, 6.45) is 5.79. The molecule has 1 N–H and O–H groups in total. The lowest BCUT2D eigenvalue weighted by molar-refractivity contribution is -0.145. The maximum Gasteiger partial charge on any atom is 0.331 e. The Bertz CT molecular complexity index is 719. The zero-order chi connectivity index (χ0) is 20.2. The van der Waals surface area contributed by atoms with Gasteiger partial charge in [-0.1, -0.05) is 54.3 Å². The fraction of sp³-hybridized carbons (Fsp3) is 0.455. The first kappa shape index (κ1) is 21.7. The minimum absolute atomic E-state index is 0.0585. The smallest absolute Gasteiger partial charge is 0.331 e. The molecule has 2 rings (SSSR count). The molecule has 1 aromatic rings. The van der Waals surface area contributed by atoms with Crippen molar-refractivity contribution in [2.24, 2.45) is 0 Å². The summed E-state index contributed by atoms with van der Waals surface area (Å²) in [7, 11) is 1.30. The zero-order valence-electron chi connectivity index (χ0n) is 16.2. The molecule has 6 nitrogen and oxygen atoms in total. The van der Waals surface area contributed by atoms with Crippen LogP contribution in [0.1, 0.15) is 24.8 Å². The second-order valence-electron chi connectivity index (χ2n) is 6.55. The fourth-order valence-electron chi connectivity index (χ4n) is 2.97. The molecule has 1 aromatic carbocycles. The second-order valence-corrected chi connectivity index (χ2v) is 6.55. The normalized spacial score (nSPS) is 17.9. The van der Waals surface area contributed by atoms with Crippen molar-refractivity contribution >= 4 is 11.9 Å². The van der Waals surface area contributed by atoms with Gasteiger partial charge in [-0.05, 0) is 18.4 Å². The minimum atomic E-state index is -0.598. The topological polar surface area (TPSA) is 76.1 Å². The largest absolute Gasteiger partial charge is 0.467 e. The van der Waals surface area contributed by atoms with Gasteiger partial charge in [-0.3, -0.25) is 4.79 Å². The number of aliphatic hydroxyl groups is 1.